The number of rotatable bonds is 9. The number of hydrogen-bond donors (Lipinski definition) is 1. The van der Waals surface area contributed by atoms with Gasteiger partial charge in [-0.25, -0.2) is 0 Å². The Morgan fingerprint density at radius 3 is 2.48 bits per heavy atom. The summed E-state index contributed by atoms with van der Waals surface area (Å²) in [5.41, 5.74) is 1.77. The van der Waals surface area contributed by atoms with Crippen molar-refractivity contribution in [3.05, 3.63) is 48.3 Å². The summed E-state index contributed by atoms with van der Waals surface area (Å²) in [5, 5.41) is 10.1. The Bertz CT molecular complexity index is 733. The number of carbonyl (C=O) groups is 2. The third-order valence-corrected chi connectivity index (χ3v) is 3.95. The van der Waals surface area contributed by atoms with E-state index in [1.54, 1.807) is 6.07 Å². The molecular weight excluding hydrogens is 344 g/mol. The van der Waals surface area contributed by atoms with Crippen molar-refractivity contribution < 1.29 is 14.3 Å². The van der Waals surface area contributed by atoms with Gasteiger partial charge in [0.05, 0.1) is 18.1 Å². The van der Waals surface area contributed by atoms with Gasteiger partial charge >= 0.3 is 0 Å². The van der Waals surface area contributed by atoms with Gasteiger partial charge < -0.3 is 15.0 Å². The van der Waals surface area contributed by atoms with Crippen LogP contribution in [0.3, 0.4) is 0 Å². The molecule has 0 aliphatic carbocycles. The number of nitrogens with zero attached hydrogens (tertiary/aromatic N) is 3. The first-order chi connectivity index (χ1) is 13.0. The van der Waals surface area contributed by atoms with E-state index in [-0.39, 0.29) is 31.0 Å². The Balaban J connectivity index is 1.89. The lowest BCUT2D eigenvalue weighted by atomic mass is 10.1. The second-order valence-electron chi connectivity index (χ2n) is 6.48. The number of nitrogens with one attached hydrogen (secondary N) is 1. The van der Waals surface area contributed by atoms with Gasteiger partial charge in [-0.3, -0.25) is 9.59 Å². The molecule has 2 aromatic rings. The lowest BCUT2D eigenvalue weighted by molar-refractivity contribution is -0.138. The molecule has 0 aliphatic heterocycles. The van der Waals surface area contributed by atoms with Crippen LogP contribution in [0.2, 0.25) is 0 Å². The lowest BCUT2D eigenvalue weighted by Gasteiger charge is -2.26. The van der Waals surface area contributed by atoms with Crippen LogP contribution in [0, 0.1) is 0 Å². The summed E-state index contributed by atoms with van der Waals surface area (Å²) >= 11 is 0. The molecule has 1 heterocycles. The Labute approximate surface area is 159 Å². The van der Waals surface area contributed by atoms with E-state index in [0.29, 0.717) is 11.4 Å². The summed E-state index contributed by atoms with van der Waals surface area (Å²) in [6.07, 6.45) is 5.04. The highest BCUT2D eigenvalue weighted by molar-refractivity contribution is 5.94. The highest BCUT2D eigenvalue weighted by Gasteiger charge is 2.20. The van der Waals surface area contributed by atoms with E-state index in [1.165, 1.54) is 22.9 Å². The van der Waals surface area contributed by atoms with Crippen LogP contribution in [-0.2, 0) is 16.0 Å². The first-order valence-electron chi connectivity index (χ1n) is 9.07. The molecule has 1 aromatic carbocycles. The van der Waals surface area contributed by atoms with Gasteiger partial charge in [0.2, 0.25) is 5.91 Å². The average molecular weight is 370 g/mol. The predicted octanol–water partition coefficient (Wildman–Crippen LogP) is 2.68. The quantitative estimate of drug-likeness (QED) is 0.734. The molecule has 0 saturated carbocycles. The molecule has 27 heavy (non-hydrogen) atoms. The molecule has 0 unspecified atom stereocenters. The van der Waals surface area contributed by atoms with Crippen molar-refractivity contribution in [1.82, 2.24) is 15.1 Å². The number of carbonyl (C=O) groups excluding carboxylic acids is 2. The SMILES string of the molecule is CCCc1ccc(OCC(=O)N(CC(=O)Nc2ccnnc2)C(C)C)cc1. The molecule has 0 aliphatic rings. The molecule has 2 amide bonds. The van der Waals surface area contributed by atoms with Gasteiger partial charge in [-0.15, -0.1) is 0 Å². The zero-order chi connectivity index (χ0) is 19.6. The summed E-state index contributed by atoms with van der Waals surface area (Å²) in [5.74, 6) is 0.0961. The first kappa shape index (κ1) is 20.4. The molecule has 0 radical (unpaired) electrons. The minimum atomic E-state index is -0.297. The van der Waals surface area contributed by atoms with Crippen LogP contribution in [-0.4, -0.2) is 46.1 Å². The number of anilines is 1. The molecule has 0 bridgehead atoms. The first-order valence-corrected chi connectivity index (χ1v) is 9.07. The van der Waals surface area contributed by atoms with E-state index in [4.69, 9.17) is 4.74 Å². The fourth-order valence-electron chi connectivity index (χ4n) is 2.55. The summed E-state index contributed by atoms with van der Waals surface area (Å²) < 4.78 is 5.59. The van der Waals surface area contributed by atoms with Gasteiger partial charge in [0.25, 0.3) is 5.91 Å². The molecule has 0 fully saturated rings. The van der Waals surface area contributed by atoms with Gasteiger partial charge in [-0.05, 0) is 44.0 Å². The number of aryl methyl sites for hydroxylation is 1. The van der Waals surface area contributed by atoms with E-state index < -0.39 is 0 Å². The molecule has 1 aromatic heterocycles. The van der Waals surface area contributed by atoms with Crippen LogP contribution in [0.4, 0.5) is 5.69 Å². The maximum Gasteiger partial charge on any atom is 0.261 e. The van der Waals surface area contributed by atoms with Crippen molar-refractivity contribution in [3.8, 4) is 5.75 Å². The third kappa shape index (κ3) is 6.69. The van der Waals surface area contributed by atoms with Crippen LogP contribution in [0.5, 0.6) is 5.75 Å². The minimum Gasteiger partial charge on any atom is -0.484 e. The normalized spacial score (nSPS) is 10.5. The van der Waals surface area contributed by atoms with Crippen molar-refractivity contribution in [2.45, 2.75) is 39.7 Å². The molecule has 0 saturated heterocycles. The highest BCUT2D eigenvalue weighted by Crippen LogP contribution is 2.14. The van der Waals surface area contributed by atoms with Gasteiger partial charge in [0, 0.05) is 6.04 Å². The van der Waals surface area contributed by atoms with Gasteiger partial charge in [0.1, 0.15) is 12.3 Å². The van der Waals surface area contributed by atoms with Crippen LogP contribution in [0.1, 0.15) is 32.8 Å². The van der Waals surface area contributed by atoms with E-state index in [9.17, 15) is 9.59 Å². The molecule has 144 valence electrons. The lowest BCUT2D eigenvalue weighted by Crippen LogP contribution is -2.44. The van der Waals surface area contributed by atoms with Gasteiger partial charge in [-0.1, -0.05) is 25.5 Å². The fourth-order valence-corrected chi connectivity index (χ4v) is 2.55. The monoisotopic (exact) mass is 370 g/mol. The summed E-state index contributed by atoms with van der Waals surface area (Å²) in [6, 6.07) is 9.23. The molecule has 2 rings (SSSR count). The zero-order valence-electron chi connectivity index (χ0n) is 16.0. The van der Waals surface area contributed by atoms with Crippen LogP contribution < -0.4 is 10.1 Å². The third-order valence-electron chi connectivity index (χ3n) is 3.95. The standard InChI is InChI=1S/C20H26N4O3/c1-4-5-16-6-8-18(9-7-16)27-14-20(26)24(15(2)3)13-19(25)23-17-10-11-21-22-12-17/h6-12,15H,4-5,13-14H2,1-3H3,(H,21,23,25). The van der Waals surface area contributed by atoms with E-state index >= 15 is 0 Å². The maximum atomic E-state index is 12.5. The van der Waals surface area contributed by atoms with Gasteiger partial charge in [-0.2, -0.15) is 10.2 Å². The molecule has 0 atom stereocenters. The number of amides is 2. The summed E-state index contributed by atoms with van der Waals surface area (Å²) in [4.78, 5) is 26.2. The predicted molar refractivity (Wildman–Crippen MR) is 103 cm³/mol. The van der Waals surface area contributed by atoms with Crippen LogP contribution in [0.15, 0.2) is 42.7 Å². The molecular formula is C20H26N4O3. The van der Waals surface area contributed by atoms with Crippen molar-refractivity contribution in [2.24, 2.45) is 0 Å². The summed E-state index contributed by atoms with van der Waals surface area (Å²) in [6.45, 7) is 5.68. The fraction of sp³-hybridized carbons (Fsp3) is 0.400. The Kier molecular flexibility index (Phi) is 7.73. The maximum absolute atomic E-state index is 12.5. The molecule has 7 nitrogen and oxygen atoms in total. The second kappa shape index (κ2) is 10.3. The average Bonchev–Trinajstić information content (AvgIpc) is 2.66. The number of ether oxygens (including phenoxy) is 1. The van der Waals surface area contributed by atoms with E-state index in [1.807, 2.05) is 38.1 Å². The zero-order valence-corrected chi connectivity index (χ0v) is 16.0. The van der Waals surface area contributed by atoms with Crippen molar-refractivity contribution in [2.75, 3.05) is 18.5 Å². The smallest absolute Gasteiger partial charge is 0.261 e. The Hall–Kier alpha value is -2.96. The summed E-state index contributed by atoms with van der Waals surface area (Å²) in [7, 11) is 0. The number of hydrogen-bond acceptors (Lipinski definition) is 5. The van der Waals surface area contributed by atoms with Crippen LogP contribution in [0.25, 0.3) is 0 Å². The van der Waals surface area contributed by atoms with E-state index in [0.717, 1.165) is 12.8 Å². The number of benzene rings is 1. The van der Waals surface area contributed by atoms with Crippen molar-refractivity contribution >= 4 is 17.5 Å². The van der Waals surface area contributed by atoms with Crippen molar-refractivity contribution in [1.29, 1.82) is 0 Å². The molecule has 1 N–H and O–H groups in total. The van der Waals surface area contributed by atoms with Crippen LogP contribution >= 0.6 is 0 Å². The Morgan fingerprint density at radius 2 is 1.89 bits per heavy atom. The highest BCUT2D eigenvalue weighted by atomic mass is 16.5. The van der Waals surface area contributed by atoms with E-state index in [2.05, 4.69) is 22.4 Å². The molecule has 7 heteroatoms. The largest absolute Gasteiger partial charge is 0.484 e. The van der Waals surface area contributed by atoms with Gasteiger partial charge in [0.15, 0.2) is 6.61 Å². The minimum absolute atomic E-state index is 0.0579. The molecule has 0 spiro atoms. The topological polar surface area (TPSA) is 84.4 Å². The second-order valence-corrected chi connectivity index (χ2v) is 6.48. The van der Waals surface area contributed by atoms with Crippen molar-refractivity contribution in [3.63, 3.8) is 0 Å². The Morgan fingerprint density at radius 1 is 1.15 bits per heavy atom. The number of aromatic nitrogens is 2.